The maximum absolute atomic E-state index is 12.9. The molecule has 1 aliphatic carbocycles. The summed E-state index contributed by atoms with van der Waals surface area (Å²) >= 11 is 9.41. The van der Waals surface area contributed by atoms with E-state index in [2.05, 4.69) is 15.9 Å². The smallest absolute Gasteiger partial charge is 0.244 e. The summed E-state index contributed by atoms with van der Waals surface area (Å²) in [5.74, 6) is -0.704. The zero-order chi connectivity index (χ0) is 20.8. The number of hydrogen-bond donors (Lipinski definition) is 0. The summed E-state index contributed by atoms with van der Waals surface area (Å²) in [5.41, 5.74) is 0. The molecule has 2 amide bonds. The van der Waals surface area contributed by atoms with Crippen molar-refractivity contribution in [3.63, 3.8) is 0 Å². The number of likely N-dealkylation sites (tertiary alicyclic amines) is 1. The van der Waals surface area contributed by atoms with Gasteiger partial charge in [-0.15, -0.1) is 0 Å². The van der Waals surface area contributed by atoms with E-state index in [1.54, 1.807) is 12.1 Å². The summed E-state index contributed by atoms with van der Waals surface area (Å²) in [7, 11) is -3.70. The van der Waals surface area contributed by atoms with Gasteiger partial charge >= 0.3 is 0 Å². The van der Waals surface area contributed by atoms with E-state index in [1.807, 2.05) is 17.1 Å². The van der Waals surface area contributed by atoms with Crippen LogP contribution in [-0.4, -0.2) is 67.2 Å². The Bertz CT molecular complexity index is 950. The van der Waals surface area contributed by atoms with Crippen LogP contribution >= 0.6 is 27.5 Å². The van der Waals surface area contributed by atoms with Gasteiger partial charge in [-0.1, -0.05) is 39.7 Å². The fourth-order valence-electron chi connectivity index (χ4n) is 4.14. The molecule has 156 valence electrons. The van der Waals surface area contributed by atoms with E-state index in [-0.39, 0.29) is 53.3 Å². The van der Waals surface area contributed by atoms with Gasteiger partial charge in [-0.2, -0.15) is 4.31 Å². The van der Waals surface area contributed by atoms with Gasteiger partial charge in [0.25, 0.3) is 0 Å². The number of rotatable bonds is 4. The number of allylic oxidation sites excluding steroid dienone is 2. The molecule has 2 atom stereocenters. The molecule has 0 bridgehead atoms. The van der Waals surface area contributed by atoms with E-state index >= 15 is 0 Å². The molecular formula is C19H21BrClN3O4S. The van der Waals surface area contributed by atoms with Crippen LogP contribution in [0, 0.1) is 11.8 Å². The molecule has 2 aliphatic heterocycles. The Morgan fingerprint density at radius 2 is 1.59 bits per heavy atom. The summed E-state index contributed by atoms with van der Waals surface area (Å²) in [6.07, 6.45) is 5.16. The second kappa shape index (κ2) is 8.11. The van der Waals surface area contributed by atoms with Crippen molar-refractivity contribution in [2.45, 2.75) is 17.7 Å². The number of fused-ring (bicyclic) bond motifs is 1. The summed E-state index contributed by atoms with van der Waals surface area (Å²) in [6.45, 7) is 1.66. The third-order valence-electron chi connectivity index (χ3n) is 5.78. The summed E-state index contributed by atoms with van der Waals surface area (Å²) in [6, 6.07) is 4.70. The average molecular weight is 503 g/mol. The SMILES string of the molecule is O=C1C2CC=CCC2C(=O)N1CN1CCN(S(=O)(=O)c2ccc(Br)cc2Cl)CC1. The predicted octanol–water partition coefficient (Wildman–Crippen LogP) is 2.32. The fraction of sp³-hybridized carbons (Fsp3) is 0.474. The quantitative estimate of drug-likeness (QED) is 0.466. The first-order valence-electron chi connectivity index (χ1n) is 9.47. The molecule has 4 rings (SSSR count). The molecule has 1 aromatic carbocycles. The lowest BCUT2D eigenvalue weighted by atomic mass is 9.85. The Labute approximate surface area is 183 Å². The summed E-state index contributed by atoms with van der Waals surface area (Å²) in [4.78, 5) is 28.6. The van der Waals surface area contributed by atoms with Gasteiger partial charge in [0.1, 0.15) is 4.90 Å². The molecule has 0 aromatic heterocycles. The fourth-order valence-corrected chi connectivity index (χ4v) is 6.58. The standard InChI is InChI=1S/C19H21BrClN3O4S/c20-13-5-6-17(16(21)11-13)29(27,28)23-9-7-22(8-10-23)12-24-18(25)14-3-1-2-4-15(14)19(24)26/h1-2,5-6,11,14-15H,3-4,7-10,12H2. The monoisotopic (exact) mass is 501 g/mol. The number of imide groups is 1. The van der Waals surface area contributed by atoms with Crippen molar-refractivity contribution in [3.8, 4) is 0 Å². The lowest BCUT2D eigenvalue weighted by Gasteiger charge is -2.35. The number of halogens is 2. The van der Waals surface area contributed by atoms with E-state index in [0.717, 1.165) is 0 Å². The minimum Gasteiger partial charge on any atom is -0.283 e. The molecule has 0 saturated carbocycles. The maximum atomic E-state index is 12.9. The van der Waals surface area contributed by atoms with Crippen molar-refractivity contribution in [1.82, 2.24) is 14.1 Å². The lowest BCUT2D eigenvalue weighted by molar-refractivity contribution is -0.142. The Kier molecular flexibility index (Phi) is 5.87. The number of amides is 2. The van der Waals surface area contributed by atoms with Gasteiger partial charge in [0.2, 0.25) is 21.8 Å². The van der Waals surface area contributed by atoms with Crippen molar-refractivity contribution in [2.75, 3.05) is 32.8 Å². The first-order chi connectivity index (χ1) is 13.8. The number of benzene rings is 1. The summed E-state index contributed by atoms with van der Waals surface area (Å²) in [5, 5.41) is 0.172. The van der Waals surface area contributed by atoms with E-state index in [1.165, 1.54) is 15.3 Å². The maximum Gasteiger partial charge on any atom is 0.244 e. The van der Waals surface area contributed by atoms with Gasteiger partial charge in [0.15, 0.2) is 0 Å². The highest BCUT2D eigenvalue weighted by Crippen LogP contribution is 2.35. The van der Waals surface area contributed by atoms with Crippen molar-refractivity contribution in [3.05, 3.63) is 39.8 Å². The number of sulfonamides is 1. The molecule has 0 N–H and O–H groups in total. The van der Waals surface area contributed by atoms with Crippen molar-refractivity contribution in [2.24, 2.45) is 11.8 Å². The highest BCUT2D eigenvalue weighted by atomic mass is 79.9. The number of nitrogens with zero attached hydrogens (tertiary/aromatic N) is 3. The van der Waals surface area contributed by atoms with Crippen molar-refractivity contribution >= 4 is 49.4 Å². The second-order valence-corrected chi connectivity index (χ2v) is 10.7. The molecule has 29 heavy (non-hydrogen) atoms. The van der Waals surface area contributed by atoms with Crippen LogP contribution in [0.15, 0.2) is 39.7 Å². The first-order valence-corrected chi connectivity index (χ1v) is 12.1. The van der Waals surface area contributed by atoms with Gasteiger partial charge in [-0.05, 0) is 31.0 Å². The van der Waals surface area contributed by atoms with Crippen LogP contribution in [0.1, 0.15) is 12.8 Å². The van der Waals surface area contributed by atoms with Crippen LogP contribution in [0.5, 0.6) is 0 Å². The molecule has 7 nitrogen and oxygen atoms in total. The highest BCUT2D eigenvalue weighted by Gasteiger charge is 2.47. The van der Waals surface area contributed by atoms with Gasteiger partial charge in [-0.3, -0.25) is 19.4 Å². The van der Waals surface area contributed by atoms with Crippen molar-refractivity contribution < 1.29 is 18.0 Å². The van der Waals surface area contributed by atoms with E-state index < -0.39 is 10.0 Å². The third-order valence-corrected chi connectivity index (χ3v) is 8.66. The van der Waals surface area contributed by atoms with Crippen LogP contribution in [-0.2, 0) is 19.6 Å². The molecule has 1 aromatic rings. The topological polar surface area (TPSA) is 78.0 Å². The van der Waals surface area contributed by atoms with E-state index in [0.29, 0.717) is 30.4 Å². The predicted molar refractivity (Wildman–Crippen MR) is 112 cm³/mol. The van der Waals surface area contributed by atoms with Gasteiger partial charge in [-0.25, -0.2) is 8.42 Å². The Hall–Kier alpha value is -1.26. The summed E-state index contributed by atoms with van der Waals surface area (Å²) < 4.78 is 28.0. The lowest BCUT2D eigenvalue weighted by Crippen LogP contribution is -2.52. The molecule has 2 unspecified atom stereocenters. The second-order valence-electron chi connectivity index (χ2n) is 7.50. The average Bonchev–Trinajstić information content (AvgIpc) is 2.93. The molecule has 3 aliphatic rings. The number of carbonyl (C=O) groups is 2. The van der Waals surface area contributed by atoms with Gasteiger partial charge in [0, 0.05) is 30.7 Å². The molecule has 0 radical (unpaired) electrons. The molecule has 2 saturated heterocycles. The van der Waals surface area contributed by atoms with E-state index in [4.69, 9.17) is 11.6 Å². The van der Waals surface area contributed by atoms with Crippen LogP contribution in [0.2, 0.25) is 5.02 Å². The molecule has 0 spiro atoms. The highest BCUT2D eigenvalue weighted by molar-refractivity contribution is 9.10. The van der Waals surface area contributed by atoms with Crippen LogP contribution < -0.4 is 0 Å². The van der Waals surface area contributed by atoms with Crippen LogP contribution in [0.3, 0.4) is 0 Å². The first kappa shape index (κ1) is 21.0. The Balaban J connectivity index is 1.40. The minimum absolute atomic E-state index is 0.0808. The zero-order valence-corrected chi connectivity index (χ0v) is 18.8. The number of hydrogen-bond acceptors (Lipinski definition) is 5. The van der Waals surface area contributed by atoms with Crippen molar-refractivity contribution in [1.29, 1.82) is 0 Å². The number of piperazine rings is 1. The molecule has 10 heteroatoms. The number of carbonyl (C=O) groups excluding carboxylic acids is 2. The minimum atomic E-state index is -3.70. The van der Waals surface area contributed by atoms with Crippen LogP contribution in [0.4, 0.5) is 0 Å². The van der Waals surface area contributed by atoms with Crippen LogP contribution in [0.25, 0.3) is 0 Å². The normalized spacial score (nSPS) is 26.2. The molecular weight excluding hydrogens is 482 g/mol. The molecule has 2 heterocycles. The third kappa shape index (κ3) is 3.90. The Morgan fingerprint density at radius 1 is 1.00 bits per heavy atom. The largest absolute Gasteiger partial charge is 0.283 e. The van der Waals surface area contributed by atoms with E-state index in [9.17, 15) is 18.0 Å². The van der Waals surface area contributed by atoms with Gasteiger partial charge < -0.3 is 0 Å². The molecule has 2 fully saturated rings. The Morgan fingerprint density at radius 3 is 2.14 bits per heavy atom. The zero-order valence-electron chi connectivity index (χ0n) is 15.6. The van der Waals surface area contributed by atoms with Gasteiger partial charge in [0.05, 0.1) is 23.5 Å².